The van der Waals surface area contributed by atoms with E-state index in [4.69, 9.17) is 14.3 Å². The number of fused-ring (bicyclic) bond motifs is 1. The van der Waals surface area contributed by atoms with E-state index in [1.54, 1.807) is 18.4 Å². The first-order valence-electron chi connectivity index (χ1n) is 10.2. The van der Waals surface area contributed by atoms with Gasteiger partial charge in [0.15, 0.2) is 0 Å². The zero-order valence-corrected chi connectivity index (χ0v) is 18.8. The summed E-state index contributed by atoms with van der Waals surface area (Å²) < 4.78 is 10.1. The van der Waals surface area contributed by atoms with Crippen molar-refractivity contribution in [3.63, 3.8) is 0 Å². The normalized spacial score (nSPS) is 15.9. The van der Waals surface area contributed by atoms with E-state index in [1.807, 2.05) is 0 Å². The molecule has 2 aromatic heterocycles. The van der Waals surface area contributed by atoms with Crippen molar-refractivity contribution in [3.05, 3.63) is 40.2 Å². The van der Waals surface area contributed by atoms with Crippen LogP contribution in [0.2, 0.25) is 0 Å². The number of nitrogens with one attached hydrogen (secondary N) is 2. The number of ether oxygens (including phenoxy) is 1. The van der Waals surface area contributed by atoms with Crippen LogP contribution in [0, 0.1) is 11.3 Å². The molecular weight excluding hydrogens is 420 g/mol. The minimum atomic E-state index is -1.15. The molecule has 1 atom stereocenters. The van der Waals surface area contributed by atoms with E-state index < -0.39 is 25.1 Å². The fourth-order valence-corrected chi connectivity index (χ4v) is 5.06. The molecule has 9 heteroatoms. The van der Waals surface area contributed by atoms with Gasteiger partial charge < -0.3 is 24.9 Å². The van der Waals surface area contributed by atoms with E-state index in [0.717, 1.165) is 29.7 Å². The molecule has 3 N–H and O–H groups in total. The standard InChI is InChI=1S/C22H28N2O6S/c1-22(2,3)13-6-7-15-16(9-13)31-21(24-17(25)11-29-12-18(26)27)19(15)20(28)23-10-14-5-4-8-30-14/h4-5,8,13H,6-7,9-12H2,1-3H3,(H,23,28)(H,24,25)(H,26,27)/t13-/m1/s1. The van der Waals surface area contributed by atoms with Crippen molar-refractivity contribution in [2.75, 3.05) is 18.5 Å². The number of carbonyl (C=O) groups excluding carboxylic acids is 2. The predicted octanol–water partition coefficient (Wildman–Crippen LogP) is 3.46. The van der Waals surface area contributed by atoms with Crippen LogP contribution in [0.4, 0.5) is 5.00 Å². The molecule has 1 aliphatic carbocycles. The number of amides is 2. The molecule has 0 spiro atoms. The van der Waals surface area contributed by atoms with Gasteiger partial charge in [-0.1, -0.05) is 20.8 Å². The second kappa shape index (κ2) is 9.65. The Bertz CT molecular complexity index is 942. The number of thiophene rings is 1. The molecule has 0 aromatic carbocycles. The summed E-state index contributed by atoms with van der Waals surface area (Å²) in [6.45, 7) is 5.95. The Kier molecular flexibility index (Phi) is 7.17. The second-order valence-electron chi connectivity index (χ2n) is 8.71. The van der Waals surface area contributed by atoms with Crippen LogP contribution in [-0.2, 0) is 33.7 Å². The SMILES string of the molecule is CC(C)(C)[C@@H]1CCc2c(sc(NC(=O)COCC(=O)O)c2C(=O)NCc2ccco2)C1. The first-order valence-corrected chi connectivity index (χ1v) is 11.0. The Balaban J connectivity index is 1.80. The summed E-state index contributed by atoms with van der Waals surface area (Å²) in [7, 11) is 0. The van der Waals surface area contributed by atoms with Crippen molar-refractivity contribution in [2.45, 2.75) is 46.6 Å². The zero-order valence-electron chi connectivity index (χ0n) is 17.9. The summed E-state index contributed by atoms with van der Waals surface area (Å²) in [6.07, 6.45) is 4.14. The van der Waals surface area contributed by atoms with E-state index in [2.05, 4.69) is 31.4 Å². The Morgan fingerprint density at radius 2 is 2.06 bits per heavy atom. The first kappa shape index (κ1) is 23.0. The lowest BCUT2D eigenvalue weighted by Gasteiger charge is -2.33. The molecule has 0 saturated heterocycles. The Morgan fingerprint density at radius 3 is 2.71 bits per heavy atom. The third-order valence-corrected chi connectivity index (χ3v) is 6.60. The second-order valence-corrected chi connectivity index (χ2v) is 9.82. The van der Waals surface area contributed by atoms with E-state index in [1.165, 1.54) is 11.3 Å². The molecular formula is C22H28N2O6S. The molecule has 2 aromatic rings. The molecule has 0 unspecified atom stereocenters. The van der Waals surface area contributed by atoms with Crippen LogP contribution in [0.25, 0.3) is 0 Å². The molecule has 0 bridgehead atoms. The van der Waals surface area contributed by atoms with Gasteiger partial charge in [0.05, 0.1) is 18.4 Å². The minimum Gasteiger partial charge on any atom is -0.480 e. The van der Waals surface area contributed by atoms with Gasteiger partial charge in [-0.3, -0.25) is 9.59 Å². The van der Waals surface area contributed by atoms with Crippen LogP contribution in [-0.4, -0.2) is 36.1 Å². The molecule has 168 valence electrons. The van der Waals surface area contributed by atoms with Crippen molar-refractivity contribution in [2.24, 2.45) is 11.3 Å². The van der Waals surface area contributed by atoms with Crippen molar-refractivity contribution >= 4 is 34.1 Å². The molecule has 31 heavy (non-hydrogen) atoms. The first-order chi connectivity index (χ1) is 14.6. The smallest absolute Gasteiger partial charge is 0.329 e. The monoisotopic (exact) mass is 448 g/mol. The quantitative estimate of drug-likeness (QED) is 0.569. The number of anilines is 1. The fourth-order valence-electron chi connectivity index (χ4n) is 3.72. The van der Waals surface area contributed by atoms with E-state index >= 15 is 0 Å². The fraction of sp³-hybridized carbons (Fsp3) is 0.500. The van der Waals surface area contributed by atoms with Gasteiger partial charge in [-0.15, -0.1) is 11.3 Å². The van der Waals surface area contributed by atoms with Gasteiger partial charge in [0.2, 0.25) is 0 Å². The molecule has 0 radical (unpaired) electrons. The summed E-state index contributed by atoms with van der Waals surface area (Å²) in [5.41, 5.74) is 1.60. The Morgan fingerprint density at radius 1 is 1.29 bits per heavy atom. The number of aliphatic carboxylic acids is 1. The number of hydrogen-bond donors (Lipinski definition) is 3. The van der Waals surface area contributed by atoms with Crippen LogP contribution in [0.3, 0.4) is 0 Å². The van der Waals surface area contributed by atoms with E-state index in [-0.39, 0.29) is 17.9 Å². The molecule has 1 aliphatic rings. The van der Waals surface area contributed by atoms with Crippen LogP contribution in [0.1, 0.15) is 53.8 Å². The summed E-state index contributed by atoms with van der Waals surface area (Å²) >= 11 is 1.41. The van der Waals surface area contributed by atoms with Gasteiger partial charge in [-0.2, -0.15) is 0 Å². The average molecular weight is 449 g/mol. The predicted molar refractivity (Wildman–Crippen MR) is 116 cm³/mol. The van der Waals surface area contributed by atoms with Gasteiger partial charge in [0.25, 0.3) is 11.8 Å². The largest absolute Gasteiger partial charge is 0.480 e. The lowest BCUT2D eigenvalue weighted by molar-refractivity contribution is -0.143. The summed E-state index contributed by atoms with van der Waals surface area (Å²) in [5.74, 6) is -0.791. The highest BCUT2D eigenvalue weighted by Gasteiger charge is 2.34. The van der Waals surface area contributed by atoms with Gasteiger partial charge in [0.1, 0.15) is 24.0 Å². The maximum Gasteiger partial charge on any atom is 0.329 e. The lowest BCUT2D eigenvalue weighted by atomic mass is 9.72. The van der Waals surface area contributed by atoms with Crippen LogP contribution < -0.4 is 10.6 Å². The highest BCUT2D eigenvalue weighted by molar-refractivity contribution is 7.17. The Hall–Kier alpha value is -2.65. The van der Waals surface area contributed by atoms with Crippen molar-refractivity contribution in [1.29, 1.82) is 0 Å². The van der Waals surface area contributed by atoms with E-state index in [9.17, 15) is 14.4 Å². The molecule has 3 rings (SSSR count). The van der Waals surface area contributed by atoms with Gasteiger partial charge >= 0.3 is 5.97 Å². The van der Waals surface area contributed by atoms with Crippen molar-refractivity contribution in [3.8, 4) is 0 Å². The number of hydrogen-bond acceptors (Lipinski definition) is 6. The van der Waals surface area contributed by atoms with Gasteiger partial charge in [-0.25, -0.2) is 4.79 Å². The van der Waals surface area contributed by atoms with Gasteiger partial charge in [0, 0.05) is 4.88 Å². The third-order valence-electron chi connectivity index (χ3n) is 5.43. The summed E-state index contributed by atoms with van der Waals surface area (Å²) in [4.78, 5) is 37.0. The molecule has 8 nitrogen and oxygen atoms in total. The number of rotatable bonds is 8. The van der Waals surface area contributed by atoms with Crippen molar-refractivity contribution < 1.29 is 28.6 Å². The highest BCUT2D eigenvalue weighted by atomic mass is 32.1. The topological polar surface area (TPSA) is 118 Å². The molecule has 2 heterocycles. The number of carboxylic acid groups (broad SMARTS) is 1. The van der Waals surface area contributed by atoms with Gasteiger partial charge in [-0.05, 0) is 48.3 Å². The summed E-state index contributed by atoms with van der Waals surface area (Å²) in [6, 6.07) is 3.53. The van der Waals surface area contributed by atoms with E-state index in [0.29, 0.717) is 22.2 Å². The van der Waals surface area contributed by atoms with Crippen LogP contribution >= 0.6 is 11.3 Å². The highest BCUT2D eigenvalue weighted by Crippen LogP contribution is 2.44. The molecule has 2 amide bonds. The number of carboxylic acids is 1. The maximum atomic E-state index is 13.1. The average Bonchev–Trinajstić information content (AvgIpc) is 3.31. The molecule has 0 saturated carbocycles. The molecule has 0 aliphatic heterocycles. The number of carbonyl (C=O) groups is 3. The number of furan rings is 1. The molecule has 0 fully saturated rings. The third kappa shape index (κ3) is 5.95. The van der Waals surface area contributed by atoms with Crippen LogP contribution in [0.5, 0.6) is 0 Å². The van der Waals surface area contributed by atoms with Crippen molar-refractivity contribution in [1.82, 2.24) is 5.32 Å². The minimum absolute atomic E-state index is 0.150. The van der Waals surface area contributed by atoms with Crippen LogP contribution in [0.15, 0.2) is 22.8 Å². The zero-order chi connectivity index (χ0) is 22.6. The Labute approximate surface area is 185 Å². The maximum absolute atomic E-state index is 13.1. The lowest BCUT2D eigenvalue weighted by Crippen LogP contribution is -2.29. The summed E-state index contributed by atoms with van der Waals surface area (Å²) in [5, 5.41) is 14.7.